The van der Waals surface area contributed by atoms with Gasteiger partial charge in [0.25, 0.3) is 5.91 Å². The zero-order valence-corrected chi connectivity index (χ0v) is 13.7. The Hall–Kier alpha value is -3.29. The lowest BCUT2D eigenvalue weighted by molar-refractivity contribution is 0.0950. The molecule has 0 fully saturated rings. The van der Waals surface area contributed by atoms with Gasteiger partial charge in [-0.1, -0.05) is 0 Å². The molecule has 7 nitrogen and oxygen atoms in total. The molecule has 0 aliphatic heterocycles. The number of ether oxygens (including phenoxy) is 1. The highest BCUT2D eigenvalue weighted by molar-refractivity contribution is 5.94. The average Bonchev–Trinajstić information content (AvgIpc) is 3.06. The monoisotopic (exact) mass is 341 g/mol. The summed E-state index contributed by atoms with van der Waals surface area (Å²) in [4.78, 5) is 20.8. The maximum Gasteiger partial charge on any atom is 0.251 e. The molecule has 1 aromatic carbocycles. The normalized spacial score (nSPS) is 10.5. The Bertz CT molecular complexity index is 910. The van der Waals surface area contributed by atoms with Gasteiger partial charge in [-0.15, -0.1) is 0 Å². The second kappa shape index (κ2) is 7.08. The molecule has 8 heteroatoms. The first kappa shape index (κ1) is 16.6. The van der Waals surface area contributed by atoms with Crippen molar-refractivity contribution < 1.29 is 13.9 Å². The van der Waals surface area contributed by atoms with Gasteiger partial charge >= 0.3 is 0 Å². The van der Waals surface area contributed by atoms with Gasteiger partial charge < -0.3 is 10.1 Å². The lowest BCUT2D eigenvalue weighted by Gasteiger charge is -2.09. The molecule has 0 saturated heterocycles. The smallest absolute Gasteiger partial charge is 0.251 e. The third-order valence-corrected chi connectivity index (χ3v) is 3.58. The molecule has 1 N–H and O–H groups in total. The van der Waals surface area contributed by atoms with Crippen LogP contribution in [0.5, 0.6) is 5.75 Å². The van der Waals surface area contributed by atoms with Gasteiger partial charge in [-0.25, -0.2) is 4.39 Å². The molecule has 0 spiro atoms. The minimum atomic E-state index is -0.592. The van der Waals surface area contributed by atoms with Gasteiger partial charge in [0.2, 0.25) is 0 Å². The predicted molar refractivity (Wildman–Crippen MR) is 88.4 cm³/mol. The molecule has 128 valence electrons. The number of methoxy groups -OCH3 is 1. The topological polar surface area (TPSA) is 81.9 Å². The Labute approximate surface area is 143 Å². The Morgan fingerprint density at radius 2 is 2.12 bits per heavy atom. The van der Waals surface area contributed by atoms with Crippen molar-refractivity contribution in [1.29, 1.82) is 0 Å². The molecule has 0 atom stereocenters. The van der Waals surface area contributed by atoms with Crippen molar-refractivity contribution in [1.82, 2.24) is 25.1 Å². The number of carbonyl (C=O) groups excluding carboxylic acids is 1. The Morgan fingerprint density at radius 3 is 2.80 bits per heavy atom. The second-order valence-electron chi connectivity index (χ2n) is 5.29. The first-order chi connectivity index (χ1) is 12.1. The largest absolute Gasteiger partial charge is 0.494 e. The van der Waals surface area contributed by atoms with E-state index in [1.54, 1.807) is 30.3 Å². The van der Waals surface area contributed by atoms with E-state index in [0.717, 1.165) is 11.6 Å². The van der Waals surface area contributed by atoms with E-state index < -0.39 is 11.7 Å². The number of nitrogens with zero attached hydrogens (tertiary/aromatic N) is 4. The van der Waals surface area contributed by atoms with Crippen LogP contribution < -0.4 is 10.1 Å². The molecule has 0 aliphatic carbocycles. The maximum atomic E-state index is 13.7. The molecule has 0 bridgehead atoms. The van der Waals surface area contributed by atoms with E-state index in [-0.39, 0.29) is 17.9 Å². The number of aryl methyl sites for hydroxylation is 1. The van der Waals surface area contributed by atoms with Gasteiger partial charge in [0, 0.05) is 36.8 Å². The summed E-state index contributed by atoms with van der Waals surface area (Å²) in [5, 5.41) is 6.83. The molecule has 3 rings (SSSR count). The lowest BCUT2D eigenvalue weighted by atomic mass is 10.1. The van der Waals surface area contributed by atoms with Gasteiger partial charge in [0.1, 0.15) is 0 Å². The van der Waals surface area contributed by atoms with Gasteiger partial charge in [-0.2, -0.15) is 5.10 Å². The Kier molecular flexibility index (Phi) is 4.69. The number of aromatic nitrogens is 4. The lowest BCUT2D eigenvalue weighted by Crippen LogP contribution is -2.24. The van der Waals surface area contributed by atoms with Crippen LogP contribution in [0.25, 0.3) is 11.3 Å². The molecular weight excluding hydrogens is 325 g/mol. The van der Waals surface area contributed by atoms with E-state index in [9.17, 15) is 9.18 Å². The van der Waals surface area contributed by atoms with Crippen molar-refractivity contribution in [3.8, 4) is 17.0 Å². The van der Waals surface area contributed by atoms with Gasteiger partial charge in [0.05, 0.1) is 31.2 Å². The van der Waals surface area contributed by atoms with Crippen LogP contribution in [0, 0.1) is 5.82 Å². The van der Waals surface area contributed by atoms with Crippen LogP contribution in [0.4, 0.5) is 4.39 Å². The number of halogens is 1. The minimum absolute atomic E-state index is 0.0874. The number of benzene rings is 1. The second-order valence-corrected chi connectivity index (χ2v) is 5.29. The van der Waals surface area contributed by atoms with Crippen molar-refractivity contribution in [3.05, 3.63) is 60.1 Å². The molecule has 0 saturated carbocycles. The minimum Gasteiger partial charge on any atom is -0.494 e. The molecule has 25 heavy (non-hydrogen) atoms. The summed E-state index contributed by atoms with van der Waals surface area (Å²) in [6.07, 6.45) is 6.61. The van der Waals surface area contributed by atoms with Crippen LogP contribution in [0.1, 0.15) is 16.1 Å². The summed E-state index contributed by atoms with van der Waals surface area (Å²) in [7, 11) is 3.17. The van der Waals surface area contributed by atoms with Crippen LogP contribution in [0.2, 0.25) is 0 Å². The quantitative estimate of drug-likeness (QED) is 0.767. The summed E-state index contributed by atoms with van der Waals surface area (Å²) in [5.41, 5.74) is 2.23. The summed E-state index contributed by atoms with van der Waals surface area (Å²) < 4.78 is 20.2. The Balaban J connectivity index is 1.76. The third-order valence-electron chi connectivity index (χ3n) is 3.58. The fraction of sp³-hybridized carbons (Fsp3) is 0.176. The zero-order valence-electron chi connectivity index (χ0n) is 13.7. The fourth-order valence-corrected chi connectivity index (χ4v) is 2.35. The average molecular weight is 341 g/mol. The van der Waals surface area contributed by atoms with Gasteiger partial charge in [0.15, 0.2) is 11.6 Å². The number of carbonyl (C=O) groups is 1. The van der Waals surface area contributed by atoms with Crippen LogP contribution >= 0.6 is 0 Å². The SMILES string of the molecule is COc1ccc(C(=O)NCc2nccnc2-c2cnn(C)c2)cc1F. The number of rotatable bonds is 5. The molecule has 3 aromatic rings. The van der Waals surface area contributed by atoms with Crippen molar-refractivity contribution in [2.24, 2.45) is 7.05 Å². The number of hydrogen-bond donors (Lipinski definition) is 1. The summed E-state index contributed by atoms with van der Waals surface area (Å²) in [6, 6.07) is 4.04. The van der Waals surface area contributed by atoms with Crippen molar-refractivity contribution in [2.75, 3.05) is 7.11 Å². The summed E-state index contributed by atoms with van der Waals surface area (Å²) >= 11 is 0. The van der Waals surface area contributed by atoms with E-state index in [1.807, 2.05) is 6.20 Å². The highest BCUT2D eigenvalue weighted by Gasteiger charge is 2.13. The van der Waals surface area contributed by atoms with Crippen LogP contribution in [0.15, 0.2) is 43.0 Å². The van der Waals surface area contributed by atoms with Crippen molar-refractivity contribution >= 4 is 5.91 Å². The molecule has 1 amide bonds. The standard InChI is InChI=1S/C17H16FN5O2/c1-23-10-12(8-22-23)16-14(19-5-6-20-16)9-21-17(24)11-3-4-15(25-2)13(18)7-11/h3-8,10H,9H2,1-2H3,(H,21,24). The Morgan fingerprint density at radius 1 is 1.32 bits per heavy atom. The van der Waals surface area contributed by atoms with E-state index in [0.29, 0.717) is 11.4 Å². The highest BCUT2D eigenvalue weighted by atomic mass is 19.1. The van der Waals surface area contributed by atoms with Crippen molar-refractivity contribution in [2.45, 2.75) is 6.54 Å². The number of hydrogen-bond acceptors (Lipinski definition) is 5. The summed E-state index contributed by atoms with van der Waals surface area (Å²) in [6.45, 7) is 0.157. The predicted octanol–water partition coefficient (Wildman–Crippen LogP) is 1.95. The number of nitrogens with one attached hydrogen (secondary N) is 1. The maximum absolute atomic E-state index is 13.7. The van der Waals surface area contributed by atoms with Crippen LogP contribution in [-0.4, -0.2) is 32.8 Å². The zero-order chi connectivity index (χ0) is 17.8. The van der Waals surface area contributed by atoms with Crippen LogP contribution in [0.3, 0.4) is 0 Å². The van der Waals surface area contributed by atoms with E-state index >= 15 is 0 Å². The molecule has 0 unspecified atom stereocenters. The number of amides is 1. The first-order valence-corrected chi connectivity index (χ1v) is 7.49. The highest BCUT2D eigenvalue weighted by Crippen LogP contribution is 2.19. The molecular formula is C17H16FN5O2. The van der Waals surface area contributed by atoms with E-state index in [1.165, 1.54) is 19.2 Å². The van der Waals surface area contributed by atoms with Crippen molar-refractivity contribution in [3.63, 3.8) is 0 Å². The molecule has 0 aliphatic rings. The van der Waals surface area contributed by atoms with Crippen LogP contribution in [-0.2, 0) is 13.6 Å². The molecule has 2 aromatic heterocycles. The third kappa shape index (κ3) is 3.63. The van der Waals surface area contributed by atoms with Gasteiger partial charge in [-0.05, 0) is 18.2 Å². The first-order valence-electron chi connectivity index (χ1n) is 7.49. The van der Waals surface area contributed by atoms with Gasteiger partial charge in [-0.3, -0.25) is 19.4 Å². The fourth-order valence-electron chi connectivity index (χ4n) is 2.35. The van der Waals surface area contributed by atoms with E-state index in [4.69, 9.17) is 4.74 Å². The molecule has 2 heterocycles. The summed E-state index contributed by atoms with van der Waals surface area (Å²) in [5.74, 6) is -0.917. The van der Waals surface area contributed by atoms with E-state index in [2.05, 4.69) is 20.4 Å². The molecule has 0 radical (unpaired) electrons.